The van der Waals surface area contributed by atoms with Crippen molar-refractivity contribution in [2.24, 2.45) is 0 Å². The van der Waals surface area contributed by atoms with E-state index in [1.807, 2.05) is 0 Å². The summed E-state index contributed by atoms with van der Waals surface area (Å²) in [6, 6.07) is 10.8. The Bertz CT molecular complexity index is 642. The summed E-state index contributed by atoms with van der Waals surface area (Å²) >= 11 is 0. The van der Waals surface area contributed by atoms with Crippen molar-refractivity contribution in [3.05, 3.63) is 59.7 Å². The Morgan fingerprint density at radius 3 is 2.40 bits per heavy atom. The minimum absolute atomic E-state index is 0.0408. The molecular weight excluding hydrogens is 256 g/mol. The van der Waals surface area contributed by atoms with Gasteiger partial charge in [-0.05, 0) is 48.6 Å². The fourth-order valence-electron chi connectivity index (χ4n) is 1.68. The zero-order chi connectivity index (χ0) is 14.5. The number of aromatic hydroxyl groups is 2. The van der Waals surface area contributed by atoms with Gasteiger partial charge < -0.3 is 14.9 Å². The summed E-state index contributed by atoms with van der Waals surface area (Å²) in [5, 5.41) is 18.9. The molecule has 0 aliphatic heterocycles. The number of benzene rings is 2. The normalized spacial score (nSPS) is 10.7. The van der Waals surface area contributed by atoms with Gasteiger partial charge in [0.15, 0.2) is 5.78 Å². The number of rotatable bonds is 4. The molecule has 2 aromatic carbocycles. The Balaban J connectivity index is 2.16. The molecule has 0 amide bonds. The van der Waals surface area contributed by atoms with Crippen LogP contribution in [0.25, 0.3) is 6.08 Å². The first kappa shape index (κ1) is 13.7. The maximum Gasteiger partial charge on any atom is 0.185 e. The molecule has 4 nitrogen and oxygen atoms in total. The van der Waals surface area contributed by atoms with Gasteiger partial charge in [0, 0.05) is 17.2 Å². The van der Waals surface area contributed by atoms with Crippen LogP contribution in [0.15, 0.2) is 48.5 Å². The third kappa shape index (κ3) is 3.17. The zero-order valence-corrected chi connectivity index (χ0v) is 10.9. The Morgan fingerprint density at radius 1 is 1.10 bits per heavy atom. The molecule has 4 heteroatoms. The lowest BCUT2D eigenvalue weighted by Crippen LogP contribution is -1.93. The largest absolute Gasteiger partial charge is 0.508 e. The van der Waals surface area contributed by atoms with Crippen LogP contribution in [0.1, 0.15) is 15.9 Å². The number of ketones is 1. The average molecular weight is 270 g/mol. The molecule has 0 saturated heterocycles. The molecule has 0 atom stereocenters. The van der Waals surface area contributed by atoms with E-state index in [0.29, 0.717) is 16.9 Å². The topological polar surface area (TPSA) is 66.8 Å². The molecule has 0 aromatic heterocycles. The molecule has 0 bridgehead atoms. The van der Waals surface area contributed by atoms with Crippen molar-refractivity contribution in [2.45, 2.75) is 0 Å². The van der Waals surface area contributed by atoms with Crippen molar-refractivity contribution in [1.82, 2.24) is 0 Å². The van der Waals surface area contributed by atoms with Crippen LogP contribution < -0.4 is 4.74 Å². The third-order valence-electron chi connectivity index (χ3n) is 2.80. The lowest BCUT2D eigenvalue weighted by molar-refractivity contribution is 0.104. The van der Waals surface area contributed by atoms with Gasteiger partial charge in [-0.1, -0.05) is 0 Å². The molecule has 2 N–H and O–H groups in total. The average Bonchev–Trinajstić information content (AvgIpc) is 2.46. The number of hydrogen-bond acceptors (Lipinski definition) is 4. The number of carbonyl (C=O) groups is 1. The van der Waals surface area contributed by atoms with E-state index in [2.05, 4.69) is 0 Å². The van der Waals surface area contributed by atoms with Crippen LogP contribution in [0.3, 0.4) is 0 Å². The zero-order valence-electron chi connectivity index (χ0n) is 10.9. The van der Waals surface area contributed by atoms with E-state index in [1.165, 1.54) is 49.6 Å². The monoisotopic (exact) mass is 270 g/mol. The van der Waals surface area contributed by atoms with Crippen molar-refractivity contribution >= 4 is 11.9 Å². The van der Waals surface area contributed by atoms with Gasteiger partial charge in [-0.2, -0.15) is 0 Å². The van der Waals surface area contributed by atoms with Gasteiger partial charge in [-0.25, -0.2) is 0 Å². The number of hydrogen-bond donors (Lipinski definition) is 2. The van der Waals surface area contributed by atoms with Crippen LogP contribution in [0.2, 0.25) is 0 Å². The molecule has 2 rings (SSSR count). The highest BCUT2D eigenvalue weighted by molar-refractivity contribution is 6.07. The summed E-state index contributed by atoms with van der Waals surface area (Å²) in [6.07, 6.45) is 2.90. The highest BCUT2D eigenvalue weighted by atomic mass is 16.5. The number of phenolic OH excluding ortho intramolecular Hbond substituents is 2. The Morgan fingerprint density at radius 2 is 1.80 bits per heavy atom. The van der Waals surface area contributed by atoms with E-state index < -0.39 is 0 Å². The SMILES string of the molecule is COc1ccc(C=CC(=O)c2ccc(O)cc2)c(O)c1. The van der Waals surface area contributed by atoms with Crippen molar-refractivity contribution in [1.29, 1.82) is 0 Å². The third-order valence-corrected chi connectivity index (χ3v) is 2.80. The molecule has 0 fully saturated rings. The maximum absolute atomic E-state index is 11.9. The lowest BCUT2D eigenvalue weighted by atomic mass is 10.1. The second-order valence-electron chi connectivity index (χ2n) is 4.17. The highest BCUT2D eigenvalue weighted by Gasteiger charge is 2.03. The predicted molar refractivity (Wildman–Crippen MR) is 76.1 cm³/mol. The molecule has 102 valence electrons. The van der Waals surface area contributed by atoms with Gasteiger partial charge >= 0.3 is 0 Å². The van der Waals surface area contributed by atoms with Crippen molar-refractivity contribution in [2.75, 3.05) is 7.11 Å². The second kappa shape index (κ2) is 5.93. The van der Waals surface area contributed by atoms with E-state index in [-0.39, 0.29) is 17.3 Å². The first-order valence-corrected chi connectivity index (χ1v) is 5.98. The van der Waals surface area contributed by atoms with Gasteiger partial charge in [0.25, 0.3) is 0 Å². The fourth-order valence-corrected chi connectivity index (χ4v) is 1.68. The minimum Gasteiger partial charge on any atom is -0.508 e. The fraction of sp³-hybridized carbons (Fsp3) is 0.0625. The number of phenols is 2. The molecule has 0 unspecified atom stereocenters. The maximum atomic E-state index is 11.9. The summed E-state index contributed by atoms with van der Waals surface area (Å²) < 4.78 is 4.98. The molecule has 2 aromatic rings. The minimum atomic E-state index is -0.208. The number of carbonyl (C=O) groups excluding carboxylic acids is 1. The molecule has 0 aliphatic carbocycles. The highest BCUT2D eigenvalue weighted by Crippen LogP contribution is 2.24. The van der Waals surface area contributed by atoms with Gasteiger partial charge in [0.2, 0.25) is 0 Å². The van der Waals surface area contributed by atoms with Crippen molar-refractivity contribution in [3.63, 3.8) is 0 Å². The summed E-state index contributed by atoms with van der Waals surface area (Å²) in [5.74, 6) is 0.488. The molecule has 0 radical (unpaired) electrons. The van der Waals surface area contributed by atoms with Crippen LogP contribution in [-0.2, 0) is 0 Å². The molecule has 0 heterocycles. The Kier molecular flexibility index (Phi) is 4.05. The van der Waals surface area contributed by atoms with E-state index in [4.69, 9.17) is 9.84 Å². The van der Waals surface area contributed by atoms with Crippen LogP contribution in [-0.4, -0.2) is 23.1 Å². The van der Waals surface area contributed by atoms with Crippen LogP contribution in [0.4, 0.5) is 0 Å². The molecular formula is C16H14O4. The summed E-state index contributed by atoms with van der Waals surface area (Å²) in [6.45, 7) is 0. The van der Waals surface area contributed by atoms with Crippen molar-refractivity contribution < 1.29 is 19.7 Å². The molecule has 0 saturated carbocycles. The van der Waals surface area contributed by atoms with Gasteiger partial charge in [-0.15, -0.1) is 0 Å². The van der Waals surface area contributed by atoms with Crippen LogP contribution in [0, 0.1) is 0 Å². The van der Waals surface area contributed by atoms with E-state index >= 15 is 0 Å². The summed E-state index contributed by atoms with van der Waals surface area (Å²) in [5.41, 5.74) is 0.991. The van der Waals surface area contributed by atoms with Gasteiger partial charge in [0.05, 0.1) is 7.11 Å². The Hall–Kier alpha value is -2.75. The summed E-state index contributed by atoms with van der Waals surface area (Å²) in [7, 11) is 1.51. The number of methoxy groups -OCH3 is 1. The van der Waals surface area contributed by atoms with Gasteiger partial charge in [0.1, 0.15) is 17.2 Å². The van der Waals surface area contributed by atoms with E-state index in [1.54, 1.807) is 12.1 Å². The Labute approximate surface area is 116 Å². The quantitative estimate of drug-likeness (QED) is 0.662. The lowest BCUT2D eigenvalue weighted by Gasteiger charge is -2.03. The van der Waals surface area contributed by atoms with Gasteiger partial charge in [-0.3, -0.25) is 4.79 Å². The second-order valence-corrected chi connectivity index (χ2v) is 4.17. The smallest absolute Gasteiger partial charge is 0.185 e. The molecule has 20 heavy (non-hydrogen) atoms. The first-order valence-electron chi connectivity index (χ1n) is 5.98. The standard InChI is InChI=1S/C16H14O4/c1-20-14-8-4-12(16(19)10-14)5-9-15(18)11-2-6-13(17)7-3-11/h2-10,17,19H,1H3. The number of allylic oxidation sites excluding steroid dienone is 1. The van der Waals surface area contributed by atoms with E-state index in [0.717, 1.165) is 0 Å². The molecule has 0 spiro atoms. The predicted octanol–water partition coefficient (Wildman–Crippen LogP) is 3.00. The first-order chi connectivity index (χ1) is 9.60. The van der Waals surface area contributed by atoms with Crippen LogP contribution in [0.5, 0.6) is 17.2 Å². The van der Waals surface area contributed by atoms with Crippen molar-refractivity contribution in [3.8, 4) is 17.2 Å². The van der Waals surface area contributed by atoms with Crippen LogP contribution >= 0.6 is 0 Å². The molecule has 0 aliphatic rings. The summed E-state index contributed by atoms with van der Waals surface area (Å²) in [4.78, 5) is 11.9. The number of ether oxygens (including phenoxy) is 1. The van der Waals surface area contributed by atoms with E-state index in [9.17, 15) is 9.90 Å².